The fourth-order valence-corrected chi connectivity index (χ4v) is 3.27. The van der Waals surface area contributed by atoms with E-state index in [2.05, 4.69) is 9.88 Å². The standard InChI is InChI=1S/C18H19N3O2/c1-23-14-6-7-15-18(12-14)21(22)17-8-5-13(11-16(17)19-15)20-9-3-2-4-10-20/h5-8,11-12H,2-4,9-10H2,1H3. The second kappa shape index (κ2) is 5.57. The van der Waals surface area contributed by atoms with Gasteiger partial charge in [-0.1, -0.05) is 0 Å². The van der Waals surface area contributed by atoms with Gasteiger partial charge in [-0.3, -0.25) is 0 Å². The number of hydrogen-bond acceptors (Lipinski definition) is 4. The number of aromatic nitrogens is 2. The van der Waals surface area contributed by atoms with Crippen LogP contribution in [0.1, 0.15) is 19.3 Å². The molecule has 0 N–H and O–H groups in total. The van der Waals surface area contributed by atoms with Crippen LogP contribution in [0.4, 0.5) is 5.69 Å². The van der Waals surface area contributed by atoms with Gasteiger partial charge in [0.05, 0.1) is 13.2 Å². The molecule has 1 aliphatic rings. The Labute approximate surface area is 134 Å². The van der Waals surface area contributed by atoms with Crippen molar-refractivity contribution in [2.24, 2.45) is 0 Å². The maximum atomic E-state index is 12.7. The lowest BCUT2D eigenvalue weighted by Gasteiger charge is -2.28. The molecule has 23 heavy (non-hydrogen) atoms. The Hall–Kier alpha value is -2.56. The number of ether oxygens (including phenoxy) is 1. The van der Waals surface area contributed by atoms with Gasteiger partial charge < -0.3 is 14.8 Å². The van der Waals surface area contributed by atoms with Crippen molar-refractivity contribution in [2.45, 2.75) is 19.3 Å². The highest BCUT2D eigenvalue weighted by Gasteiger charge is 2.16. The maximum absolute atomic E-state index is 12.7. The maximum Gasteiger partial charge on any atom is 0.246 e. The number of methoxy groups -OCH3 is 1. The molecule has 2 heterocycles. The van der Waals surface area contributed by atoms with E-state index in [-0.39, 0.29) is 0 Å². The summed E-state index contributed by atoms with van der Waals surface area (Å²) in [6.45, 7) is 2.15. The van der Waals surface area contributed by atoms with Crippen LogP contribution in [0.2, 0.25) is 0 Å². The van der Waals surface area contributed by atoms with E-state index >= 15 is 0 Å². The SMILES string of the molecule is COc1ccc2nc3cc(N4CCCCC4)ccc3[n+]([O-])c2c1. The topological polar surface area (TPSA) is 52.3 Å². The minimum Gasteiger partial charge on any atom is -0.618 e. The van der Waals surface area contributed by atoms with Crippen LogP contribution < -0.4 is 14.4 Å². The van der Waals surface area contributed by atoms with Crippen LogP contribution in [-0.4, -0.2) is 25.2 Å². The highest BCUT2D eigenvalue weighted by atomic mass is 16.5. The Balaban J connectivity index is 1.86. The summed E-state index contributed by atoms with van der Waals surface area (Å²) in [4.78, 5) is 7.04. The van der Waals surface area contributed by atoms with Crippen LogP contribution in [0.25, 0.3) is 22.1 Å². The minimum atomic E-state index is 0.530. The van der Waals surface area contributed by atoms with Gasteiger partial charge in [-0.25, -0.2) is 4.98 Å². The highest BCUT2D eigenvalue weighted by Crippen LogP contribution is 2.25. The fraction of sp³-hybridized carbons (Fsp3) is 0.333. The quantitative estimate of drug-likeness (QED) is 0.415. The van der Waals surface area contributed by atoms with Gasteiger partial charge in [0, 0.05) is 24.8 Å². The summed E-state index contributed by atoms with van der Waals surface area (Å²) in [6.07, 6.45) is 3.75. The summed E-state index contributed by atoms with van der Waals surface area (Å²) in [5, 5.41) is 12.7. The number of rotatable bonds is 2. The Morgan fingerprint density at radius 2 is 1.83 bits per heavy atom. The normalized spacial score (nSPS) is 15.3. The van der Waals surface area contributed by atoms with Crippen LogP contribution in [0.15, 0.2) is 36.4 Å². The summed E-state index contributed by atoms with van der Waals surface area (Å²) in [5.41, 5.74) is 3.69. The molecule has 0 saturated carbocycles. The number of anilines is 1. The molecule has 0 amide bonds. The molecule has 5 heteroatoms. The molecule has 0 aliphatic carbocycles. The number of piperidine rings is 1. The molecule has 4 rings (SSSR count). The Bertz CT molecular complexity index is 873. The van der Waals surface area contributed by atoms with Gasteiger partial charge in [0.25, 0.3) is 0 Å². The lowest BCUT2D eigenvalue weighted by Crippen LogP contribution is -2.31. The van der Waals surface area contributed by atoms with Crippen molar-refractivity contribution in [3.8, 4) is 5.75 Å². The first kappa shape index (κ1) is 14.1. The molecule has 1 aromatic heterocycles. The molecule has 2 aromatic carbocycles. The van der Waals surface area contributed by atoms with E-state index in [1.807, 2.05) is 30.3 Å². The second-order valence-electron chi connectivity index (χ2n) is 5.98. The third-order valence-electron chi connectivity index (χ3n) is 4.54. The molecule has 0 bridgehead atoms. The predicted octanol–water partition coefficient (Wildman–Crippen LogP) is 3.02. The first-order valence-corrected chi connectivity index (χ1v) is 8.02. The number of benzene rings is 2. The Kier molecular flexibility index (Phi) is 3.41. The fourth-order valence-electron chi connectivity index (χ4n) is 3.27. The van der Waals surface area contributed by atoms with Crippen LogP contribution in [0, 0.1) is 5.21 Å². The van der Waals surface area contributed by atoms with Crippen LogP contribution in [-0.2, 0) is 0 Å². The van der Waals surface area contributed by atoms with E-state index in [0.29, 0.717) is 22.3 Å². The zero-order valence-corrected chi connectivity index (χ0v) is 13.2. The van der Waals surface area contributed by atoms with Crippen molar-refractivity contribution in [2.75, 3.05) is 25.1 Å². The van der Waals surface area contributed by atoms with Gasteiger partial charge in [-0.05, 0) is 43.5 Å². The second-order valence-corrected chi connectivity index (χ2v) is 5.98. The minimum absolute atomic E-state index is 0.530. The monoisotopic (exact) mass is 309 g/mol. The molecule has 1 fully saturated rings. The predicted molar refractivity (Wildman–Crippen MR) is 90.8 cm³/mol. The van der Waals surface area contributed by atoms with E-state index in [1.165, 1.54) is 19.3 Å². The van der Waals surface area contributed by atoms with Gasteiger partial charge in [0.2, 0.25) is 11.0 Å². The molecule has 118 valence electrons. The molecular formula is C18H19N3O2. The molecule has 3 aromatic rings. The summed E-state index contributed by atoms with van der Waals surface area (Å²) < 4.78 is 6.15. The number of nitrogens with zero attached hydrogens (tertiary/aromatic N) is 3. The first-order chi connectivity index (χ1) is 11.3. The van der Waals surface area contributed by atoms with Crippen LogP contribution in [0.5, 0.6) is 5.75 Å². The summed E-state index contributed by atoms with van der Waals surface area (Å²) in [6, 6.07) is 11.3. The molecule has 1 aliphatic heterocycles. The van der Waals surface area contributed by atoms with Gasteiger partial charge in [0.15, 0.2) is 0 Å². The highest BCUT2D eigenvalue weighted by molar-refractivity contribution is 5.84. The lowest BCUT2D eigenvalue weighted by molar-refractivity contribution is -0.548. The van der Waals surface area contributed by atoms with E-state index in [4.69, 9.17) is 4.74 Å². The lowest BCUT2D eigenvalue weighted by atomic mass is 10.1. The summed E-state index contributed by atoms with van der Waals surface area (Å²) >= 11 is 0. The summed E-state index contributed by atoms with van der Waals surface area (Å²) in [5.74, 6) is 0.660. The van der Waals surface area contributed by atoms with Gasteiger partial charge in [-0.2, -0.15) is 4.73 Å². The molecular weight excluding hydrogens is 290 g/mol. The van der Waals surface area contributed by atoms with Crippen LogP contribution >= 0.6 is 0 Å². The average Bonchev–Trinajstić information content (AvgIpc) is 2.62. The average molecular weight is 309 g/mol. The first-order valence-electron chi connectivity index (χ1n) is 8.02. The van der Waals surface area contributed by atoms with Crippen molar-refractivity contribution in [1.29, 1.82) is 0 Å². The number of fused-ring (bicyclic) bond motifs is 2. The summed E-state index contributed by atoms with van der Waals surface area (Å²) in [7, 11) is 1.59. The number of hydrogen-bond donors (Lipinski definition) is 0. The Morgan fingerprint density at radius 3 is 2.61 bits per heavy atom. The zero-order valence-electron chi connectivity index (χ0n) is 13.2. The van der Waals surface area contributed by atoms with Crippen LogP contribution in [0.3, 0.4) is 0 Å². The van der Waals surface area contributed by atoms with Gasteiger partial charge in [-0.15, -0.1) is 0 Å². The van der Waals surface area contributed by atoms with E-state index in [9.17, 15) is 5.21 Å². The molecule has 1 saturated heterocycles. The molecule has 0 spiro atoms. The van der Waals surface area contributed by atoms with Crippen molar-refractivity contribution in [1.82, 2.24) is 4.98 Å². The van der Waals surface area contributed by atoms with Gasteiger partial charge >= 0.3 is 0 Å². The molecule has 0 atom stereocenters. The van der Waals surface area contributed by atoms with Crippen molar-refractivity contribution < 1.29 is 9.47 Å². The van der Waals surface area contributed by atoms with E-state index in [0.717, 1.165) is 29.0 Å². The molecule has 0 radical (unpaired) electrons. The third kappa shape index (κ3) is 2.42. The zero-order chi connectivity index (χ0) is 15.8. The molecule has 0 unspecified atom stereocenters. The smallest absolute Gasteiger partial charge is 0.246 e. The van der Waals surface area contributed by atoms with E-state index < -0.39 is 0 Å². The molecule has 5 nitrogen and oxygen atoms in total. The van der Waals surface area contributed by atoms with Crippen molar-refractivity contribution >= 4 is 27.8 Å². The van der Waals surface area contributed by atoms with Crippen molar-refractivity contribution in [3.05, 3.63) is 41.6 Å². The Morgan fingerprint density at radius 1 is 1.00 bits per heavy atom. The largest absolute Gasteiger partial charge is 0.618 e. The van der Waals surface area contributed by atoms with Crippen molar-refractivity contribution in [3.63, 3.8) is 0 Å². The third-order valence-corrected chi connectivity index (χ3v) is 4.54. The van der Waals surface area contributed by atoms with E-state index in [1.54, 1.807) is 13.2 Å². The van der Waals surface area contributed by atoms with Gasteiger partial charge in [0.1, 0.15) is 16.8 Å².